The minimum Gasteiger partial charge on any atom is -0.381 e. The van der Waals surface area contributed by atoms with Gasteiger partial charge in [0.05, 0.1) is 17.3 Å². The van der Waals surface area contributed by atoms with Crippen LogP contribution in [0.2, 0.25) is 0 Å². The van der Waals surface area contributed by atoms with Gasteiger partial charge in [0.15, 0.2) is 0 Å². The molecule has 2 heterocycles. The number of aromatic nitrogens is 2. The van der Waals surface area contributed by atoms with Crippen molar-refractivity contribution in [2.24, 2.45) is 12.9 Å². The predicted molar refractivity (Wildman–Crippen MR) is 67.7 cm³/mol. The first-order valence-corrected chi connectivity index (χ1v) is 6.39. The van der Waals surface area contributed by atoms with Crippen molar-refractivity contribution in [1.82, 2.24) is 15.2 Å². The number of nitrogens with one attached hydrogen (secondary N) is 1. The maximum atomic E-state index is 6.04. The molecule has 3 N–H and O–H groups in total. The lowest BCUT2D eigenvalue weighted by molar-refractivity contribution is -0.129. The van der Waals surface area contributed by atoms with E-state index >= 15 is 0 Å². The van der Waals surface area contributed by atoms with E-state index in [1.807, 2.05) is 24.7 Å². The van der Waals surface area contributed by atoms with E-state index in [0.717, 1.165) is 18.5 Å². The van der Waals surface area contributed by atoms with Crippen molar-refractivity contribution in [3.63, 3.8) is 0 Å². The zero-order chi connectivity index (χ0) is 13.0. The lowest BCUT2D eigenvalue weighted by atomic mass is 9.84. The predicted octanol–water partition coefficient (Wildman–Crippen LogP) is 0.510. The fourth-order valence-corrected chi connectivity index (χ4v) is 2.69. The number of aryl methyl sites for hydroxylation is 1. The lowest BCUT2D eigenvalue weighted by Crippen LogP contribution is -2.52. The van der Waals surface area contributed by atoms with Crippen LogP contribution in [0.1, 0.15) is 31.5 Å². The second kappa shape index (κ2) is 5.79. The van der Waals surface area contributed by atoms with E-state index in [9.17, 15) is 0 Å². The van der Waals surface area contributed by atoms with Crippen LogP contribution in [0.4, 0.5) is 0 Å². The molecule has 0 radical (unpaired) electrons. The van der Waals surface area contributed by atoms with Crippen molar-refractivity contribution >= 4 is 0 Å². The largest absolute Gasteiger partial charge is 0.381 e. The van der Waals surface area contributed by atoms with Crippen molar-refractivity contribution in [1.29, 1.82) is 0 Å². The molecule has 6 nitrogen and oxygen atoms in total. The third kappa shape index (κ3) is 2.42. The van der Waals surface area contributed by atoms with Crippen LogP contribution in [-0.4, -0.2) is 35.2 Å². The number of hydrogen-bond acceptors (Lipinski definition) is 5. The Labute approximate surface area is 107 Å². The molecule has 0 aromatic carbocycles. The molecule has 102 valence electrons. The molecule has 0 spiro atoms. The quantitative estimate of drug-likeness (QED) is 0.591. The third-order valence-electron chi connectivity index (χ3n) is 3.62. The Bertz CT molecular complexity index is 368. The smallest absolute Gasteiger partial charge is 0.0948 e. The Hall–Kier alpha value is -0.950. The van der Waals surface area contributed by atoms with E-state index in [1.165, 1.54) is 0 Å². The summed E-state index contributed by atoms with van der Waals surface area (Å²) < 4.78 is 13.3. The minimum atomic E-state index is -0.310. The maximum Gasteiger partial charge on any atom is 0.0948 e. The van der Waals surface area contributed by atoms with Crippen LogP contribution >= 0.6 is 0 Å². The second-order valence-electron chi connectivity index (χ2n) is 4.59. The summed E-state index contributed by atoms with van der Waals surface area (Å²) in [4.78, 5) is 0. The van der Waals surface area contributed by atoms with E-state index in [4.69, 9.17) is 15.3 Å². The Morgan fingerprint density at radius 3 is 2.83 bits per heavy atom. The standard InChI is InChI=1S/C12H22N4O2/c1-3-18-12(5-8-17-9-6-12)11(15-13)10-4-7-14-16(10)2/h4,7,11,15H,3,5-6,8-9,13H2,1-2H3. The first-order chi connectivity index (χ1) is 8.73. The van der Waals surface area contributed by atoms with Crippen molar-refractivity contribution in [2.45, 2.75) is 31.4 Å². The highest BCUT2D eigenvalue weighted by Gasteiger charge is 2.42. The topological polar surface area (TPSA) is 74.3 Å². The first kappa shape index (κ1) is 13.5. The molecule has 0 bridgehead atoms. The zero-order valence-corrected chi connectivity index (χ0v) is 11.1. The highest BCUT2D eigenvalue weighted by molar-refractivity contribution is 5.13. The number of hydrazine groups is 1. The van der Waals surface area contributed by atoms with E-state index in [1.54, 1.807) is 6.20 Å². The number of nitrogens with two attached hydrogens (primary N) is 1. The van der Waals surface area contributed by atoms with Crippen LogP contribution in [0, 0.1) is 0 Å². The molecule has 6 heteroatoms. The highest BCUT2D eigenvalue weighted by atomic mass is 16.5. The molecule has 1 fully saturated rings. The van der Waals surface area contributed by atoms with Crippen LogP contribution in [0.5, 0.6) is 0 Å². The molecule has 1 atom stereocenters. The minimum absolute atomic E-state index is 0.0751. The average Bonchev–Trinajstić information content (AvgIpc) is 2.78. The van der Waals surface area contributed by atoms with Crippen molar-refractivity contribution in [2.75, 3.05) is 19.8 Å². The molecular weight excluding hydrogens is 232 g/mol. The fourth-order valence-electron chi connectivity index (χ4n) is 2.69. The van der Waals surface area contributed by atoms with Gasteiger partial charge in [0.2, 0.25) is 0 Å². The fraction of sp³-hybridized carbons (Fsp3) is 0.750. The van der Waals surface area contributed by atoms with Crippen molar-refractivity contribution in [3.8, 4) is 0 Å². The van der Waals surface area contributed by atoms with Gasteiger partial charge < -0.3 is 9.47 Å². The lowest BCUT2D eigenvalue weighted by Gasteiger charge is -2.42. The zero-order valence-electron chi connectivity index (χ0n) is 11.1. The number of hydrogen-bond donors (Lipinski definition) is 2. The van der Waals surface area contributed by atoms with Gasteiger partial charge in [-0.1, -0.05) is 0 Å². The summed E-state index contributed by atoms with van der Waals surface area (Å²) in [5.41, 5.74) is 3.62. The van der Waals surface area contributed by atoms with Crippen LogP contribution in [0.3, 0.4) is 0 Å². The number of ether oxygens (including phenoxy) is 2. The third-order valence-corrected chi connectivity index (χ3v) is 3.62. The van der Waals surface area contributed by atoms with E-state index in [0.29, 0.717) is 19.8 Å². The molecule has 0 saturated carbocycles. The van der Waals surface area contributed by atoms with Gasteiger partial charge in [-0.05, 0) is 13.0 Å². The Balaban J connectivity index is 2.29. The Kier molecular flexibility index (Phi) is 4.34. The molecule has 1 aromatic rings. The van der Waals surface area contributed by atoms with Crippen LogP contribution in [-0.2, 0) is 16.5 Å². The van der Waals surface area contributed by atoms with Gasteiger partial charge in [-0.2, -0.15) is 5.10 Å². The number of rotatable bonds is 5. The van der Waals surface area contributed by atoms with Gasteiger partial charge >= 0.3 is 0 Å². The highest BCUT2D eigenvalue weighted by Crippen LogP contribution is 2.37. The molecule has 18 heavy (non-hydrogen) atoms. The Morgan fingerprint density at radius 2 is 2.33 bits per heavy atom. The van der Waals surface area contributed by atoms with Gasteiger partial charge in [0.1, 0.15) is 0 Å². The summed E-state index contributed by atoms with van der Waals surface area (Å²) in [6.07, 6.45) is 3.44. The maximum absolute atomic E-state index is 6.04. The molecule has 1 saturated heterocycles. The summed E-state index contributed by atoms with van der Waals surface area (Å²) in [6, 6.07) is 1.90. The Morgan fingerprint density at radius 1 is 1.61 bits per heavy atom. The first-order valence-electron chi connectivity index (χ1n) is 6.39. The SMILES string of the molecule is CCOC1(C(NN)c2ccnn2C)CCOCC1. The molecule has 1 aromatic heterocycles. The second-order valence-corrected chi connectivity index (χ2v) is 4.59. The molecule has 2 rings (SSSR count). The molecule has 0 amide bonds. The summed E-state index contributed by atoms with van der Waals surface area (Å²) in [5, 5.41) is 4.21. The van der Waals surface area contributed by atoms with Gasteiger partial charge in [0, 0.05) is 45.9 Å². The monoisotopic (exact) mass is 254 g/mol. The average molecular weight is 254 g/mol. The summed E-state index contributed by atoms with van der Waals surface area (Å²) in [7, 11) is 1.92. The molecule has 1 aliphatic rings. The van der Waals surface area contributed by atoms with Gasteiger partial charge in [-0.3, -0.25) is 10.5 Å². The van der Waals surface area contributed by atoms with E-state index < -0.39 is 0 Å². The van der Waals surface area contributed by atoms with E-state index in [-0.39, 0.29) is 11.6 Å². The molecular formula is C12H22N4O2. The van der Waals surface area contributed by atoms with Crippen LogP contribution in [0.25, 0.3) is 0 Å². The van der Waals surface area contributed by atoms with Gasteiger partial charge in [-0.15, -0.1) is 0 Å². The van der Waals surface area contributed by atoms with E-state index in [2.05, 4.69) is 10.5 Å². The summed E-state index contributed by atoms with van der Waals surface area (Å²) >= 11 is 0. The van der Waals surface area contributed by atoms with Crippen LogP contribution in [0.15, 0.2) is 12.3 Å². The summed E-state index contributed by atoms with van der Waals surface area (Å²) in [5.74, 6) is 5.77. The normalized spacial score (nSPS) is 20.8. The molecule has 0 aliphatic carbocycles. The van der Waals surface area contributed by atoms with Crippen LogP contribution < -0.4 is 11.3 Å². The van der Waals surface area contributed by atoms with Gasteiger partial charge in [0.25, 0.3) is 0 Å². The number of nitrogens with zero attached hydrogens (tertiary/aromatic N) is 2. The summed E-state index contributed by atoms with van der Waals surface area (Å²) in [6.45, 7) is 4.08. The van der Waals surface area contributed by atoms with Gasteiger partial charge in [-0.25, -0.2) is 5.43 Å². The van der Waals surface area contributed by atoms with Crippen molar-refractivity contribution < 1.29 is 9.47 Å². The van der Waals surface area contributed by atoms with Crippen molar-refractivity contribution in [3.05, 3.63) is 18.0 Å². The molecule has 1 unspecified atom stereocenters. The molecule has 1 aliphatic heterocycles.